The molecule has 1 aromatic heterocycles. The van der Waals surface area contributed by atoms with E-state index in [2.05, 4.69) is 35.6 Å². The molecule has 2 heterocycles. The molecule has 0 bridgehead atoms. The van der Waals surface area contributed by atoms with Crippen LogP contribution in [-0.2, 0) is 5.41 Å². The summed E-state index contributed by atoms with van der Waals surface area (Å²) in [6.45, 7) is 8.59. The first-order valence-corrected chi connectivity index (χ1v) is 6.29. The lowest BCUT2D eigenvalue weighted by Crippen LogP contribution is -2.40. The highest BCUT2D eigenvalue weighted by atomic mass is 15.2. The molecular formula is C13H22N4. The molecule has 94 valence electrons. The fraction of sp³-hybridized carbons (Fsp3) is 0.692. The zero-order valence-corrected chi connectivity index (χ0v) is 11.0. The van der Waals surface area contributed by atoms with E-state index in [9.17, 15) is 0 Å². The molecule has 0 amide bonds. The lowest BCUT2D eigenvalue weighted by Gasteiger charge is -2.34. The number of hydrogen-bond donors (Lipinski definition) is 1. The zero-order chi connectivity index (χ0) is 12.5. The van der Waals surface area contributed by atoms with E-state index in [4.69, 9.17) is 5.73 Å². The topological polar surface area (TPSA) is 55.0 Å². The molecule has 1 fully saturated rings. The van der Waals surface area contributed by atoms with E-state index in [1.54, 1.807) is 6.33 Å². The number of hydrogen-bond acceptors (Lipinski definition) is 4. The van der Waals surface area contributed by atoms with Gasteiger partial charge in [0.1, 0.15) is 6.33 Å². The van der Waals surface area contributed by atoms with Crippen LogP contribution in [0.1, 0.15) is 39.3 Å². The summed E-state index contributed by atoms with van der Waals surface area (Å²) in [6.07, 6.45) is 5.68. The molecule has 1 saturated heterocycles. The van der Waals surface area contributed by atoms with Gasteiger partial charge in [0.05, 0.1) is 17.6 Å². The van der Waals surface area contributed by atoms with Crippen LogP contribution < -0.4 is 10.6 Å². The molecule has 0 saturated carbocycles. The van der Waals surface area contributed by atoms with E-state index in [1.807, 2.05) is 6.20 Å². The molecule has 0 radical (unpaired) electrons. The highest BCUT2D eigenvalue weighted by Gasteiger charge is 2.25. The Morgan fingerprint density at radius 3 is 2.53 bits per heavy atom. The van der Waals surface area contributed by atoms with Crippen molar-refractivity contribution >= 4 is 5.69 Å². The van der Waals surface area contributed by atoms with Crippen molar-refractivity contribution in [2.24, 2.45) is 5.73 Å². The van der Waals surface area contributed by atoms with Crippen molar-refractivity contribution in [2.45, 2.75) is 45.1 Å². The van der Waals surface area contributed by atoms with Crippen molar-refractivity contribution in [3.05, 3.63) is 18.2 Å². The van der Waals surface area contributed by atoms with Gasteiger partial charge in [0, 0.05) is 24.5 Å². The third-order valence-corrected chi connectivity index (χ3v) is 3.28. The van der Waals surface area contributed by atoms with Crippen molar-refractivity contribution in [3.8, 4) is 0 Å². The number of piperidine rings is 1. The molecule has 17 heavy (non-hydrogen) atoms. The van der Waals surface area contributed by atoms with Crippen LogP contribution in [0.2, 0.25) is 0 Å². The molecular weight excluding hydrogens is 212 g/mol. The van der Waals surface area contributed by atoms with Gasteiger partial charge in [0.25, 0.3) is 0 Å². The summed E-state index contributed by atoms with van der Waals surface area (Å²) in [4.78, 5) is 11.0. The second-order valence-corrected chi connectivity index (χ2v) is 5.83. The molecule has 1 aliphatic rings. The van der Waals surface area contributed by atoms with E-state index >= 15 is 0 Å². The fourth-order valence-electron chi connectivity index (χ4n) is 2.27. The molecule has 4 heteroatoms. The van der Waals surface area contributed by atoms with Crippen LogP contribution in [0.3, 0.4) is 0 Å². The molecule has 0 spiro atoms. The fourth-order valence-corrected chi connectivity index (χ4v) is 2.27. The van der Waals surface area contributed by atoms with Crippen molar-refractivity contribution in [1.29, 1.82) is 0 Å². The Balaban J connectivity index is 2.26. The number of aromatic nitrogens is 2. The van der Waals surface area contributed by atoms with Crippen molar-refractivity contribution in [3.63, 3.8) is 0 Å². The van der Waals surface area contributed by atoms with Crippen LogP contribution in [0.15, 0.2) is 12.5 Å². The van der Waals surface area contributed by atoms with Gasteiger partial charge >= 0.3 is 0 Å². The Bertz CT molecular complexity index is 375. The summed E-state index contributed by atoms with van der Waals surface area (Å²) in [5.74, 6) is 0. The molecule has 0 aliphatic carbocycles. The summed E-state index contributed by atoms with van der Waals surface area (Å²) >= 11 is 0. The van der Waals surface area contributed by atoms with E-state index in [1.165, 1.54) is 5.69 Å². The molecule has 2 N–H and O–H groups in total. The van der Waals surface area contributed by atoms with E-state index < -0.39 is 0 Å². The third-order valence-electron chi connectivity index (χ3n) is 3.28. The summed E-state index contributed by atoms with van der Waals surface area (Å²) in [6, 6.07) is 0.356. The van der Waals surface area contributed by atoms with Gasteiger partial charge in [-0.15, -0.1) is 0 Å². The Morgan fingerprint density at radius 2 is 1.94 bits per heavy atom. The highest BCUT2D eigenvalue weighted by molar-refractivity contribution is 5.51. The average molecular weight is 234 g/mol. The standard InChI is InChI=1S/C13H22N4/c1-13(2,3)12-11(8-15-9-16-12)17-6-4-10(14)5-7-17/h8-10H,4-7,14H2,1-3H3. The lowest BCUT2D eigenvalue weighted by molar-refractivity contribution is 0.493. The Morgan fingerprint density at radius 1 is 1.29 bits per heavy atom. The van der Waals surface area contributed by atoms with Gasteiger partial charge in [-0.1, -0.05) is 20.8 Å². The Hall–Kier alpha value is -1.16. The van der Waals surface area contributed by atoms with E-state index in [0.717, 1.165) is 31.6 Å². The molecule has 1 aromatic rings. The highest BCUT2D eigenvalue weighted by Crippen LogP contribution is 2.30. The molecule has 2 rings (SSSR count). The van der Waals surface area contributed by atoms with Gasteiger partial charge in [0.15, 0.2) is 0 Å². The molecule has 1 aliphatic heterocycles. The Labute approximate surface area is 103 Å². The predicted octanol–water partition coefficient (Wildman–Crippen LogP) is 1.70. The maximum atomic E-state index is 5.94. The SMILES string of the molecule is CC(C)(C)c1ncncc1N1CCC(N)CC1. The van der Waals surface area contributed by atoms with Crippen molar-refractivity contribution in [1.82, 2.24) is 9.97 Å². The van der Waals surface area contributed by atoms with E-state index in [0.29, 0.717) is 6.04 Å². The quantitative estimate of drug-likeness (QED) is 0.803. The summed E-state index contributed by atoms with van der Waals surface area (Å²) in [7, 11) is 0. The van der Waals surface area contributed by atoms with Gasteiger partial charge in [0.2, 0.25) is 0 Å². The number of anilines is 1. The second-order valence-electron chi connectivity index (χ2n) is 5.83. The van der Waals surface area contributed by atoms with Gasteiger partial charge in [-0.2, -0.15) is 0 Å². The smallest absolute Gasteiger partial charge is 0.115 e. The van der Waals surface area contributed by atoms with Gasteiger partial charge < -0.3 is 10.6 Å². The number of nitrogens with two attached hydrogens (primary N) is 1. The maximum absolute atomic E-state index is 5.94. The molecule has 0 aromatic carbocycles. The van der Waals surface area contributed by atoms with Crippen LogP contribution in [0.4, 0.5) is 5.69 Å². The lowest BCUT2D eigenvalue weighted by atomic mass is 9.90. The second kappa shape index (κ2) is 4.61. The number of rotatable bonds is 1. The minimum Gasteiger partial charge on any atom is -0.369 e. The minimum atomic E-state index is 0.0534. The predicted molar refractivity (Wildman–Crippen MR) is 70.2 cm³/mol. The van der Waals surface area contributed by atoms with Crippen molar-refractivity contribution < 1.29 is 0 Å². The number of nitrogens with zero attached hydrogens (tertiary/aromatic N) is 3. The summed E-state index contributed by atoms with van der Waals surface area (Å²) in [5.41, 5.74) is 8.30. The monoisotopic (exact) mass is 234 g/mol. The minimum absolute atomic E-state index is 0.0534. The Kier molecular flexibility index (Phi) is 3.33. The van der Waals surface area contributed by atoms with Gasteiger partial charge in [-0.25, -0.2) is 9.97 Å². The zero-order valence-electron chi connectivity index (χ0n) is 11.0. The average Bonchev–Trinajstić information content (AvgIpc) is 2.29. The maximum Gasteiger partial charge on any atom is 0.115 e. The van der Waals surface area contributed by atoms with Crippen LogP contribution in [0.25, 0.3) is 0 Å². The largest absolute Gasteiger partial charge is 0.369 e. The van der Waals surface area contributed by atoms with Crippen LogP contribution in [0, 0.1) is 0 Å². The van der Waals surface area contributed by atoms with Crippen molar-refractivity contribution in [2.75, 3.05) is 18.0 Å². The van der Waals surface area contributed by atoms with Crippen LogP contribution in [-0.4, -0.2) is 29.1 Å². The molecule has 0 atom stereocenters. The first-order chi connectivity index (χ1) is 7.98. The van der Waals surface area contributed by atoms with Crippen LogP contribution in [0.5, 0.6) is 0 Å². The first-order valence-electron chi connectivity index (χ1n) is 6.29. The molecule has 4 nitrogen and oxygen atoms in total. The normalized spacial score (nSPS) is 18.5. The van der Waals surface area contributed by atoms with Crippen LogP contribution >= 0.6 is 0 Å². The summed E-state index contributed by atoms with van der Waals surface area (Å²) < 4.78 is 0. The third kappa shape index (κ3) is 2.75. The van der Waals surface area contributed by atoms with Gasteiger partial charge in [-0.3, -0.25) is 0 Å². The first kappa shape index (κ1) is 12.3. The summed E-state index contributed by atoms with van der Waals surface area (Å²) in [5, 5.41) is 0. The van der Waals surface area contributed by atoms with E-state index in [-0.39, 0.29) is 5.41 Å². The molecule has 0 unspecified atom stereocenters. The van der Waals surface area contributed by atoms with Gasteiger partial charge in [-0.05, 0) is 12.8 Å².